The second kappa shape index (κ2) is 4.71. The molecule has 0 radical (unpaired) electrons. The van der Waals surface area contributed by atoms with Crippen LogP contribution in [0.25, 0.3) is 27.9 Å². The Morgan fingerprint density at radius 2 is 1.73 bits per heavy atom. The summed E-state index contributed by atoms with van der Waals surface area (Å²) in [6, 6.07) is 22.5. The molecule has 0 atom stereocenters. The molecule has 0 aliphatic carbocycles. The van der Waals surface area contributed by atoms with E-state index in [0.717, 1.165) is 33.5 Å². The second-order valence-electron chi connectivity index (χ2n) is 5.32. The third-order valence-electron chi connectivity index (χ3n) is 3.95. The van der Waals surface area contributed by atoms with Crippen LogP contribution in [-0.2, 0) is 0 Å². The Bertz CT molecular complexity index is 1040. The van der Waals surface area contributed by atoms with Gasteiger partial charge in [0.2, 0.25) is 0 Å². The Balaban J connectivity index is 2.24. The Labute approximate surface area is 128 Å². The highest BCUT2D eigenvalue weighted by molar-refractivity contribution is 5.86. The fourth-order valence-corrected chi connectivity index (χ4v) is 2.92. The van der Waals surface area contributed by atoms with E-state index in [2.05, 4.69) is 33.7 Å². The lowest BCUT2D eigenvalue weighted by molar-refractivity contribution is 1.19. The van der Waals surface area contributed by atoms with Crippen LogP contribution < -0.4 is 0 Å². The zero-order valence-electron chi connectivity index (χ0n) is 12.1. The highest BCUT2D eigenvalue weighted by atomic mass is 15.0. The van der Waals surface area contributed by atoms with Gasteiger partial charge >= 0.3 is 0 Å². The van der Waals surface area contributed by atoms with Crippen molar-refractivity contribution in [2.75, 3.05) is 0 Å². The Kier molecular flexibility index (Phi) is 2.70. The number of hydrogen-bond acceptors (Lipinski definition) is 2. The molecule has 3 heteroatoms. The molecular formula is C19H13N3. The fraction of sp³-hybridized carbons (Fsp3) is 0.0526. The minimum atomic E-state index is 0.635. The maximum Gasteiger partial charge on any atom is 0.156 e. The lowest BCUT2D eigenvalue weighted by Crippen LogP contribution is -1.97. The van der Waals surface area contributed by atoms with Crippen LogP contribution >= 0.6 is 0 Å². The van der Waals surface area contributed by atoms with Crippen LogP contribution in [0, 0.1) is 18.3 Å². The van der Waals surface area contributed by atoms with Gasteiger partial charge in [0.15, 0.2) is 5.65 Å². The van der Waals surface area contributed by atoms with Gasteiger partial charge in [-0.15, -0.1) is 0 Å². The zero-order chi connectivity index (χ0) is 15.1. The van der Waals surface area contributed by atoms with Gasteiger partial charge in [-0.05, 0) is 36.2 Å². The normalized spacial score (nSPS) is 10.9. The van der Waals surface area contributed by atoms with Crippen molar-refractivity contribution in [2.45, 2.75) is 6.92 Å². The van der Waals surface area contributed by atoms with Gasteiger partial charge < -0.3 is 0 Å². The summed E-state index contributed by atoms with van der Waals surface area (Å²) in [6.07, 6.45) is 0. The summed E-state index contributed by atoms with van der Waals surface area (Å²) in [6.45, 7) is 1.96. The number of pyridine rings is 1. The average Bonchev–Trinajstić information content (AvgIpc) is 2.94. The van der Waals surface area contributed by atoms with Gasteiger partial charge in [-0.3, -0.25) is 4.40 Å². The molecule has 2 aromatic heterocycles. The predicted molar refractivity (Wildman–Crippen MR) is 87.6 cm³/mol. The van der Waals surface area contributed by atoms with Crippen molar-refractivity contribution in [3.05, 3.63) is 71.8 Å². The maximum atomic E-state index is 9.50. The summed E-state index contributed by atoms with van der Waals surface area (Å²) >= 11 is 0. The Hall–Kier alpha value is -3.12. The Morgan fingerprint density at radius 3 is 2.50 bits per heavy atom. The number of benzene rings is 2. The number of fused-ring (bicyclic) bond motifs is 3. The molecule has 0 fully saturated rings. The topological polar surface area (TPSA) is 41.1 Å². The quantitative estimate of drug-likeness (QED) is 0.521. The highest BCUT2D eigenvalue weighted by Crippen LogP contribution is 2.29. The molecule has 22 heavy (non-hydrogen) atoms. The number of aryl methyl sites for hydroxylation is 1. The highest BCUT2D eigenvalue weighted by Gasteiger charge is 2.15. The minimum absolute atomic E-state index is 0.635. The lowest BCUT2D eigenvalue weighted by Gasteiger charge is -2.10. The molecule has 2 heterocycles. The zero-order valence-corrected chi connectivity index (χ0v) is 12.1. The predicted octanol–water partition coefficient (Wildman–Crippen LogP) is 4.33. The Morgan fingerprint density at radius 1 is 1.00 bits per heavy atom. The van der Waals surface area contributed by atoms with Gasteiger partial charge in [0.25, 0.3) is 0 Å². The second-order valence-corrected chi connectivity index (χ2v) is 5.32. The van der Waals surface area contributed by atoms with E-state index < -0.39 is 0 Å². The molecule has 0 spiro atoms. The van der Waals surface area contributed by atoms with Crippen molar-refractivity contribution < 1.29 is 0 Å². The molecule has 0 bridgehead atoms. The van der Waals surface area contributed by atoms with Gasteiger partial charge in [-0.25, -0.2) is 4.98 Å². The molecular weight excluding hydrogens is 270 g/mol. The number of hydrogen-bond donors (Lipinski definition) is 0. The molecule has 3 nitrogen and oxygen atoms in total. The van der Waals surface area contributed by atoms with E-state index >= 15 is 0 Å². The van der Waals surface area contributed by atoms with E-state index in [1.807, 2.05) is 49.4 Å². The standard InChI is InChI=1S/C19H13N3/c1-13-11-18(14-7-3-2-4-8-14)22-17-10-6-5-9-16(17)21-19(22)15(13)12-20/h2-11H,1H3. The summed E-state index contributed by atoms with van der Waals surface area (Å²) in [7, 11) is 0. The summed E-state index contributed by atoms with van der Waals surface area (Å²) in [5.74, 6) is 0. The van der Waals surface area contributed by atoms with E-state index in [9.17, 15) is 5.26 Å². The fourth-order valence-electron chi connectivity index (χ4n) is 2.92. The van der Waals surface area contributed by atoms with Crippen LogP contribution in [0.15, 0.2) is 60.7 Å². The van der Waals surface area contributed by atoms with Crippen molar-refractivity contribution in [3.63, 3.8) is 0 Å². The van der Waals surface area contributed by atoms with E-state index in [1.54, 1.807) is 0 Å². The molecule has 4 aromatic rings. The average molecular weight is 283 g/mol. The van der Waals surface area contributed by atoms with Crippen LogP contribution in [0.4, 0.5) is 0 Å². The number of imidazole rings is 1. The molecule has 4 rings (SSSR count). The van der Waals surface area contributed by atoms with Crippen molar-refractivity contribution >= 4 is 16.7 Å². The summed E-state index contributed by atoms with van der Waals surface area (Å²) < 4.78 is 2.08. The molecule has 0 unspecified atom stereocenters. The van der Waals surface area contributed by atoms with E-state index in [4.69, 9.17) is 0 Å². The van der Waals surface area contributed by atoms with Gasteiger partial charge in [0, 0.05) is 0 Å². The molecule has 0 saturated carbocycles. The van der Waals surface area contributed by atoms with Crippen molar-refractivity contribution in [3.8, 4) is 17.3 Å². The first-order chi connectivity index (χ1) is 10.8. The van der Waals surface area contributed by atoms with E-state index in [-0.39, 0.29) is 0 Å². The molecule has 0 amide bonds. The van der Waals surface area contributed by atoms with Crippen molar-refractivity contribution in [1.82, 2.24) is 9.38 Å². The third kappa shape index (κ3) is 1.71. The number of nitrogens with zero attached hydrogens (tertiary/aromatic N) is 3. The first-order valence-corrected chi connectivity index (χ1v) is 7.16. The van der Waals surface area contributed by atoms with Crippen LogP contribution in [0.2, 0.25) is 0 Å². The minimum Gasteiger partial charge on any atom is -0.291 e. The maximum absolute atomic E-state index is 9.50. The lowest BCUT2D eigenvalue weighted by atomic mass is 10.1. The summed E-state index contributed by atoms with van der Waals surface area (Å²) in [5.41, 5.74) is 6.40. The van der Waals surface area contributed by atoms with Gasteiger partial charge in [-0.2, -0.15) is 5.26 Å². The van der Waals surface area contributed by atoms with E-state index in [0.29, 0.717) is 5.56 Å². The van der Waals surface area contributed by atoms with Crippen LogP contribution in [-0.4, -0.2) is 9.38 Å². The largest absolute Gasteiger partial charge is 0.291 e. The smallest absolute Gasteiger partial charge is 0.156 e. The molecule has 0 aliphatic heterocycles. The molecule has 104 valence electrons. The van der Waals surface area contributed by atoms with Crippen molar-refractivity contribution in [1.29, 1.82) is 5.26 Å². The van der Waals surface area contributed by atoms with Gasteiger partial charge in [0.05, 0.1) is 22.3 Å². The number of para-hydroxylation sites is 2. The summed E-state index contributed by atoms with van der Waals surface area (Å²) in [4.78, 5) is 4.67. The molecule has 2 aromatic carbocycles. The monoisotopic (exact) mass is 283 g/mol. The first-order valence-electron chi connectivity index (χ1n) is 7.16. The third-order valence-corrected chi connectivity index (χ3v) is 3.95. The molecule has 0 aliphatic rings. The first kappa shape index (κ1) is 12.6. The summed E-state index contributed by atoms with van der Waals surface area (Å²) in [5, 5.41) is 9.50. The SMILES string of the molecule is Cc1cc(-c2ccccc2)n2c(nc3ccccc32)c1C#N. The number of rotatable bonds is 1. The van der Waals surface area contributed by atoms with Crippen molar-refractivity contribution in [2.24, 2.45) is 0 Å². The molecule has 0 N–H and O–H groups in total. The van der Waals surface area contributed by atoms with Crippen LogP contribution in [0.3, 0.4) is 0 Å². The van der Waals surface area contributed by atoms with Crippen LogP contribution in [0.5, 0.6) is 0 Å². The van der Waals surface area contributed by atoms with E-state index in [1.165, 1.54) is 0 Å². The molecule has 0 saturated heterocycles. The van der Waals surface area contributed by atoms with Gasteiger partial charge in [0.1, 0.15) is 6.07 Å². The van der Waals surface area contributed by atoms with Gasteiger partial charge in [-0.1, -0.05) is 42.5 Å². The van der Waals surface area contributed by atoms with Crippen LogP contribution in [0.1, 0.15) is 11.1 Å². The number of nitriles is 1. The number of aromatic nitrogens is 2.